The number of hydrogen-bond donors (Lipinski definition) is 4. The van der Waals surface area contributed by atoms with E-state index in [1.54, 1.807) is 6.08 Å². The number of hydrogen-bond acceptors (Lipinski definition) is 4. The van der Waals surface area contributed by atoms with E-state index in [-0.39, 0.29) is 6.61 Å². The lowest BCUT2D eigenvalue weighted by atomic mass is 10.0. The van der Waals surface area contributed by atoms with Gasteiger partial charge in [0.1, 0.15) is 6.10 Å². The van der Waals surface area contributed by atoms with Crippen LogP contribution in [0.3, 0.4) is 0 Å². The van der Waals surface area contributed by atoms with E-state index in [9.17, 15) is 20.1 Å². The topological polar surface area (TPSA) is 89.8 Å². The Morgan fingerprint density at radius 3 is 1.17 bits per heavy atom. The molecule has 0 spiro atoms. The minimum Gasteiger partial charge on any atom is -0.394 e. The first-order valence-electron chi connectivity index (χ1n) is 22.8. The summed E-state index contributed by atoms with van der Waals surface area (Å²) in [7, 11) is 0. The summed E-state index contributed by atoms with van der Waals surface area (Å²) in [4.78, 5) is 12.4. The minimum atomic E-state index is -1.10. The molecule has 0 saturated carbocycles. The molecule has 0 aliphatic heterocycles. The van der Waals surface area contributed by atoms with Crippen molar-refractivity contribution in [3.05, 3.63) is 36.5 Å². The molecule has 0 aromatic heterocycles. The second kappa shape index (κ2) is 42.3. The van der Waals surface area contributed by atoms with E-state index in [0.717, 1.165) is 38.5 Å². The quantitative estimate of drug-likeness (QED) is 0.0372. The number of carbonyl (C=O) groups excluding carboxylic acids is 1. The van der Waals surface area contributed by atoms with Gasteiger partial charge in [-0.25, -0.2) is 0 Å². The zero-order valence-corrected chi connectivity index (χ0v) is 34.7. The molecular weight excluding hydrogens is 643 g/mol. The van der Waals surface area contributed by atoms with Gasteiger partial charge in [-0.3, -0.25) is 4.79 Å². The van der Waals surface area contributed by atoms with Crippen LogP contribution in [0.2, 0.25) is 0 Å². The first-order chi connectivity index (χ1) is 25.6. The average Bonchev–Trinajstić information content (AvgIpc) is 3.15. The van der Waals surface area contributed by atoms with Gasteiger partial charge in [0, 0.05) is 0 Å². The number of rotatable bonds is 41. The number of amides is 1. The Morgan fingerprint density at radius 2 is 0.788 bits per heavy atom. The molecule has 0 heterocycles. The van der Waals surface area contributed by atoms with E-state index >= 15 is 0 Å². The molecular formula is C47H89NO4. The van der Waals surface area contributed by atoms with E-state index < -0.39 is 24.2 Å². The summed E-state index contributed by atoms with van der Waals surface area (Å²) in [5.41, 5.74) is 0. The molecule has 0 fully saturated rings. The van der Waals surface area contributed by atoms with Crippen molar-refractivity contribution in [3.8, 4) is 0 Å². The third-order valence-electron chi connectivity index (χ3n) is 10.5. The predicted molar refractivity (Wildman–Crippen MR) is 227 cm³/mol. The van der Waals surface area contributed by atoms with Gasteiger partial charge in [-0.2, -0.15) is 0 Å². The Bertz CT molecular complexity index is 809. The van der Waals surface area contributed by atoms with Crippen molar-refractivity contribution in [1.29, 1.82) is 0 Å². The van der Waals surface area contributed by atoms with Gasteiger partial charge in [0.05, 0.1) is 18.8 Å². The fraction of sp³-hybridized carbons (Fsp3) is 0.851. The summed E-state index contributed by atoms with van der Waals surface area (Å²) in [5.74, 6) is -0.515. The summed E-state index contributed by atoms with van der Waals surface area (Å²) >= 11 is 0. The SMILES string of the molecule is CCCCCCC/C=C/CC/C=C/C(O)C(CO)NC(=O)C(O)CCCCCCCCCCCCC/C=C\CCCCCCCCCCCCCC. The molecule has 0 aromatic rings. The largest absolute Gasteiger partial charge is 0.394 e. The lowest BCUT2D eigenvalue weighted by Gasteiger charge is -2.21. The molecule has 0 aliphatic rings. The van der Waals surface area contributed by atoms with Gasteiger partial charge in [-0.1, -0.05) is 211 Å². The average molecular weight is 732 g/mol. The number of nitrogens with one attached hydrogen (secondary N) is 1. The van der Waals surface area contributed by atoms with Crippen molar-refractivity contribution >= 4 is 5.91 Å². The Balaban J connectivity index is 3.59. The molecule has 0 aliphatic carbocycles. The predicted octanol–water partition coefficient (Wildman–Crippen LogP) is 13.2. The molecule has 3 atom stereocenters. The zero-order chi connectivity index (χ0) is 38.0. The summed E-state index contributed by atoms with van der Waals surface area (Å²) < 4.78 is 0. The van der Waals surface area contributed by atoms with Gasteiger partial charge >= 0.3 is 0 Å². The molecule has 5 heteroatoms. The van der Waals surface area contributed by atoms with Crippen molar-refractivity contribution < 1.29 is 20.1 Å². The number of aliphatic hydroxyl groups is 3. The Kier molecular flexibility index (Phi) is 41.1. The van der Waals surface area contributed by atoms with Gasteiger partial charge in [0.2, 0.25) is 5.91 Å². The summed E-state index contributed by atoms with van der Waals surface area (Å²) in [6.07, 6.45) is 53.4. The number of carbonyl (C=O) groups is 1. The van der Waals surface area contributed by atoms with E-state index in [2.05, 4.69) is 43.5 Å². The van der Waals surface area contributed by atoms with Crippen molar-refractivity contribution in [1.82, 2.24) is 5.32 Å². The standard InChI is InChI=1S/C47H89NO4/c1-3-5-7-9-11-13-15-16-17-18-19-20-21-22-23-24-25-26-27-28-29-30-32-34-36-38-40-42-46(51)47(52)48-44(43-49)45(50)41-39-37-35-33-31-14-12-10-8-6-4-2/h22-23,31,33,39,41,44-46,49-51H,3-21,24-30,32,34-38,40,42-43H2,1-2H3,(H,48,52)/b23-22-,33-31+,41-39+. The third kappa shape index (κ3) is 36.9. The van der Waals surface area contributed by atoms with Gasteiger partial charge < -0.3 is 20.6 Å². The highest BCUT2D eigenvalue weighted by Crippen LogP contribution is 2.15. The Morgan fingerprint density at radius 1 is 0.462 bits per heavy atom. The molecule has 0 rings (SSSR count). The molecule has 0 aromatic carbocycles. The minimum absolute atomic E-state index is 0.376. The molecule has 3 unspecified atom stereocenters. The van der Waals surface area contributed by atoms with Gasteiger partial charge in [0.25, 0.3) is 0 Å². The molecule has 0 saturated heterocycles. The van der Waals surface area contributed by atoms with Crippen LogP contribution < -0.4 is 5.32 Å². The van der Waals surface area contributed by atoms with Crippen molar-refractivity contribution in [2.45, 2.75) is 250 Å². The fourth-order valence-electron chi connectivity index (χ4n) is 6.84. The van der Waals surface area contributed by atoms with Crippen molar-refractivity contribution in [3.63, 3.8) is 0 Å². The maximum atomic E-state index is 12.4. The Labute approximate surface area is 324 Å². The van der Waals surface area contributed by atoms with E-state index in [4.69, 9.17) is 0 Å². The van der Waals surface area contributed by atoms with Crippen LogP contribution in [0, 0.1) is 0 Å². The number of aliphatic hydroxyl groups excluding tert-OH is 3. The molecule has 1 amide bonds. The van der Waals surface area contributed by atoms with Crippen LogP contribution in [0.1, 0.15) is 232 Å². The van der Waals surface area contributed by atoms with Crippen LogP contribution in [0.25, 0.3) is 0 Å². The lowest BCUT2D eigenvalue weighted by Crippen LogP contribution is -2.48. The van der Waals surface area contributed by atoms with Crippen LogP contribution in [-0.4, -0.2) is 46.1 Å². The maximum absolute atomic E-state index is 12.4. The second-order valence-corrected chi connectivity index (χ2v) is 15.6. The molecule has 4 N–H and O–H groups in total. The first-order valence-corrected chi connectivity index (χ1v) is 22.8. The van der Waals surface area contributed by atoms with E-state index in [0.29, 0.717) is 6.42 Å². The molecule has 0 bridgehead atoms. The first kappa shape index (κ1) is 50.6. The number of allylic oxidation sites excluding steroid dienone is 5. The van der Waals surface area contributed by atoms with E-state index in [1.807, 2.05) is 6.08 Å². The van der Waals surface area contributed by atoms with Crippen LogP contribution in [0.4, 0.5) is 0 Å². The second-order valence-electron chi connectivity index (χ2n) is 15.6. The summed E-state index contributed by atoms with van der Waals surface area (Å²) in [6.45, 7) is 4.15. The summed E-state index contributed by atoms with van der Waals surface area (Å²) in [6, 6.07) is -0.812. The van der Waals surface area contributed by atoms with Crippen LogP contribution in [0.15, 0.2) is 36.5 Å². The highest BCUT2D eigenvalue weighted by molar-refractivity contribution is 5.80. The number of unbranched alkanes of at least 4 members (excludes halogenated alkanes) is 29. The monoisotopic (exact) mass is 732 g/mol. The van der Waals surface area contributed by atoms with Gasteiger partial charge in [0.15, 0.2) is 0 Å². The highest BCUT2D eigenvalue weighted by atomic mass is 16.3. The van der Waals surface area contributed by atoms with Crippen molar-refractivity contribution in [2.24, 2.45) is 0 Å². The molecule has 5 nitrogen and oxygen atoms in total. The smallest absolute Gasteiger partial charge is 0.249 e. The van der Waals surface area contributed by atoms with Gasteiger partial charge in [-0.15, -0.1) is 0 Å². The lowest BCUT2D eigenvalue weighted by molar-refractivity contribution is -0.131. The molecule has 52 heavy (non-hydrogen) atoms. The van der Waals surface area contributed by atoms with Crippen LogP contribution in [-0.2, 0) is 4.79 Å². The maximum Gasteiger partial charge on any atom is 0.249 e. The van der Waals surface area contributed by atoms with E-state index in [1.165, 1.54) is 173 Å². The summed E-state index contributed by atoms with van der Waals surface area (Å²) in [5, 5.41) is 33.0. The van der Waals surface area contributed by atoms with Crippen LogP contribution >= 0.6 is 0 Å². The third-order valence-corrected chi connectivity index (χ3v) is 10.5. The highest BCUT2D eigenvalue weighted by Gasteiger charge is 2.22. The zero-order valence-electron chi connectivity index (χ0n) is 34.7. The van der Waals surface area contributed by atoms with Gasteiger partial charge in [-0.05, 0) is 57.8 Å². The Hall–Kier alpha value is -1.43. The molecule has 0 radical (unpaired) electrons. The fourth-order valence-corrected chi connectivity index (χ4v) is 6.84. The normalized spacial score (nSPS) is 13.9. The molecule has 306 valence electrons. The van der Waals surface area contributed by atoms with Crippen LogP contribution in [0.5, 0.6) is 0 Å². The van der Waals surface area contributed by atoms with Crippen molar-refractivity contribution in [2.75, 3.05) is 6.61 Å².